The first-order valence-corrected chi connectivity index (χ1v) is 7.55. The van der Waals surface area contributed by atoms with Crippen molar-refractivity contribution in [3.8, 4) is 0 Å². The van der Waals surface area contributed by atoms with Crippen molar-refractivity contribution in [3.63, 3.8) is 0 Å². The fraction of sp³-hybridized carbons (Fsp3) is 1.00. The van der Waals surface area contributed by atoms with E-state index in [0.29, 0.717) is 0 Å². The Bertz CT molecular complexity index is 193. The van der Waals surface area contributed by atoms with Gasteiger partial charge in [-0.3, -0.25) is 8.43 Å². The van der Waals surface area contributed by atoms with Crippen LogP contribution in [0.4, 0.5) is 0 Å². The van der Waals surface area contributed by atoms with E-state index in [4.69, 9.17) is 9.47 Å². The summed E-state index contributed by atoms with van der Waals surface area (Å²) in [5.41, 5.74) is 0. The lowest BCUT2D eigenvalue weighted by Gasteiger charge is -2.33. The van der Waals surface area contributed by atoms with E-state index in [0.717, 1.165) is 51.8 Å². The molecule has 1 rings (SSSR count). The van der Waals surface area contributed by atoms with Gasteiger partial charge in [0.1, 0.15) is 0 Å². The second-order valence-electron chi connectivity index (χ2n) is 4.96. The molecule has 0 unspecified atom stereocenters. The number of ether oxygens (including phenoxy) is 2. The summed E-state index contributed by atoms with van der Waals surface area (Å²) in [5, 5.41) is 0. The molecule has 1 aliphatic heterocycles. The molecular weight excluding hydrogens is 331 g/mol. The summed E-state index contributed by atoms with van der Waals surface area (Å²) in [6.45, 7) is 11.2. The normalized spacial score (nSPS) is 22.2. The SMILES string of the molecule is CC(C)CN1CCO[C@H](COCCCNI)C1. The van der Waals surface area contributed by atoms with Crippen LogP contribution in [-0.4, -0.2) is 57.0 Å². The largest absolute Gasteiger partial charge is 0.379 e. The molecular formula is C12H25IN2O2. The fourth-order valence-corrected chi connectivity index (χ4v) is 2.40. The van der Waals surface area contributed by atoms with Gasteiger partial charge in [-0.15, -0.1) is 0 Å². The summed E-state index contributed by atoms with van der Waals surface area (Å²) < 4.78 is 14.4. The summed E-state index contributed by atoms with van der Waals surface area (Å²) in [4.78, 5) is 2.48. The Hall–Kier alpha value is 0.570. The molecule has 1 fully saturated rings. The van der Waals surface area contributed by atoms with Crippen molar-refractivity contribution in [3.05, 3.63) is 0 Å². The summed E-state index contributed by atoms with van der Waals surface area (Å²) in [5.74, 6) is 0.726. The van der Waals surface area contributed by atoms with Crippen molar-refractivity contribution in [2.24, 2.45) is 5.92 Å². The molecule has 1 aliphatic rings. The quantitative estimate of drug-likeness (QED) is 0.408. The Labute approximate surface area is 119 Å². The van der Waals surface area contributed by atoms with E-state index in [1.807, 2.05) is 0 Å². The van der Waals surface area contributed by atoms with E-state index in [2.05, 4.69) is 45.1 Å². The van der Waals surface area contributed by atoms with Gasteiger partial charge >= 0.3 is 0 Å². The van der Waals surface area contributed by atoms with E-state index in [1.54, 1.807) is 0 Å². The average Bonchev–Trinajstić information content (AvgIpc) is 2.28. The molecule has 5 heteroatoms. The van der Waals surface area contributed by atoms with Crippen LogP contribution in [0.3, 0.4) is 0 Å². The number of nitrogens with one attached hydrogen (secondary N) is 1. The molecule has 0 aromatic heterocycles. The molecule has 0 aromatic carbocycles. The molecule has 0 bridgehead atoms. The van der Waals surface area contributed by atoms with Gasteiger partial charge in [0, 0.05) is 55.7 Å². The standard InChI is InChI=1S/C12H25IN2O2/c1-11(2)8-15-5-7-17-12(9-15)10-16-6-3-4-14-13/h11-12,14H,3-10H2,1-2H3/t12-/m0/s1. The number of morpholine rings is 1. The van der Waals surface area contributed by atoms with E-state index < -0.39 is 0 Å². The highest BCUT2D eigenvalue weighted by Crippen LogP contribution is 2.08. The smallest absolute Gasteiger partial charge is 0.0935 e. The van der Waals surface area contributed by atoms with Crippen molar-refractivity contribution >= 4 is 22.9 Å². The molecule has 0 amide bonds. The van der Waals surface area contributed by atoms with Crippen LogP contribution in [0.15, 0.2) is 0 Å². The van der Waals surface area contributed by atoms with Gasteiger partial charge in [-0.2, -0.15) is 0 Å². The van der Waals surface area contributed by atoms with Crippen LogP contribution < -0.4 is 3.53 Å². The van der Waals surface area contributed by atoms with Gasteiger partial charge in [0.25, 0.3) is 0 Å². The summed E-state index contributed by atoms with van der Waals surface area (Å²) in [6.07, 6.45) is 1.32. The summed E-state index contributed by atoms with van der Waals surface area (Å²) in [7, 11) is 0. The van der Waals surface area contributed by atoms with Crippen molar-refractivity contribution in [1.29, 1.82) is 0 Å². The number of hydrogen-bond acceptors (Lipinski definition) is 4. The van der Waals surface area contributed by atoms with Crippen molar-refractivity contribution in [2.45, 2.75) is 26.4 Å². The Morgan fingerprint density at radius 3 is 3.06 bits per heavy atom. The molecule has 1 saturated heterocycles. The maximum Gasteiger partial charge on any atom is 0.0935 e. The van der Waals surface area contributed by atoms with Crippen LogP contribution >= 0.6 is 22.9 Å². The van der Waals surface area contributed by atoms with Gasteiger partial charge in [0.05, 0.1) is 19.3 Å². The lowest BCUT2D eigenvalue weighted by atomic mass is 10.2. The Morgan fingerprint density at radius 1 is 1.53 bits per heavy atom. The first-order chi connectivity index (χ1) is 8.22. The van der Waals surface area contributed by atoms with Gasteiger partial charge < -0.3 is 9.47 Å². The predicted octanol–water partition coefficient (Wildman–Crippen LogP) is 1.69. The zero-order valence-corrected chi connectivity index (χ0v) is 13.1. The molecule has 102 valence electrons. The molecule has 1 heterocycles. The van der Waals surface area contributed by atoms with Crippen molar-refractivity contribution in [2.75, 3.05) is 46.0 Å². The van der Waals surface area contributed by atoms with Crippen molar-refractivity contribution < 1.29 is 9.47 Å². The molecule has 4 nitrogen and oxygen atoms in total. The predicted molar refractivity (Wildman–Crippen MR) is 78.5 cm³/mol. The molecule has 0 aromatic rings. The van der Waals surface area contributed by atoms with Gasteiger partial charge in [-0.1, -0.05) is 13.8 Å². The van der Waals surface area contributed by atoms with Gasteiger partial charge in [0.2, 0.25) is 0 Å². The second-order valence-corrected chi connectivity index (χ2v) is 5.72. The minimum Gasteiger partial charge on any atom is -0.379 e. The third-order valence-corrected chi connectivity index (χ3v) is 3.25. The minimum absolute atomic E-state index is 0.259. The fourth-order valence-electron chi connectivity index (χ4n) is 2.02. The number of nitrogens with zero attached hydrogens (tertiary/aromatic N) is 1. The van der Waals surface area contributed by atoms with Crippen LogP contribution in [0.1, 0.15) is 20.3 Å². The Kier molecular flexibility index (Phi) is 8.73. The number of hydrogen-bond donors (Lipinski definition) is 1. The topological polar surface area (TPSA) is 33.7 Å². The summed E-state index contributed by atoms with van der Waals surface area (Å²) in [6, 6.07) is 0. The monoisotopic (exact) mass is 356 g/mol. The summed E-state index contributed by atoms with van der Waals surface area (Å²) >= 11 is 2.16. The zero-order chi connectivity index (χ0) is 12.5. The maximum absolute atomic E-state index is 5.71. The first-order valence-electron chi connectivity index (χ1n) is 6.47. The molecule has 0 spiro atoms. The molecule has 0 radical (unpaired) electrons. The lowest BCUT2D eigenvalue weighted by Crippen LogP contribution is -2.45. The van der Waals surface area contributed by atoms with Crippen LogP contribution in [0.25, 0.3) is 0 Å². The van der Waals surface area contributed by atoms with E-state index >= 15 is 0 Å². The van der Waals surface area contributed by atoms with E-state index in [1.165, 1.54) is 6.54 Å². The van der Waals surface area contributed by atoms with E-state index in [-0.39, 0.29) is 6.10 Å². The third-order valence-electron chi connectivity index (χ3n) is 2.71. The highest BCUT2D eigenvalue weighted by atomic mass is 127. The van der Waals surface area contributed by atoms with Crippen LogP contribution in [0.2, 0.25) is 0 Å². The molecule has 0 saturated carbocycles. The van der Waals surface area contributed by atoms with E-state index in [9.17, 15) is 0 Å². The Morgan fingerprint density at radius 2 is 2.35 bits per heavy atom. The highest BCUT2D eigenvalue weighted by molar-refractivity contribution is 14.1. The van der Waals surface area contributed by atoms with Crippen LogP contribution in [0.5, 0.6) is 0 Å². The zero-order valence-electron chi connectivity index (χ0n) is 11.0. The van der Waals surface area contributed by atoms with Gasteiger partial charge in [0.15, 0.2) is 0 Å². The number of rotatable bonds is 8. The second kappa shape index (κ2) is 9.49. The van der Waals surface area contributed by atoms with Gasteiger partial charge in [-0.25, -0.2) is 0 Å². The molecule has 0 aliphatic carbocycles. The molecule has 1 atom stereocenters. The van der Waals surface area contributed by atoms with Crippen molar-refractivity contribution in [1.82, 2.24) is 8.43 Å². The first kappa shape index (κ1) is 15.6. The highest BCUT2D eigenvalue weighted by Gasteiger charge is 2.20. The Balaban J connectivity index is 2.08. The third kappa shape index (κ3) is 7.56. The van der Waals surface area contributed by atoms with Crippen LogP contribution in [-0.2, 0) is 9.47 Å². The molecule has 17 heavy (non-hydrogen) atoms. The van der Waals surface area contributed by atoms with Gasteiger partial charge in [-0.05, 0) is 12.3 Å². The average molecular weight is 356 g/mol. The molecule has 1 N–H and O–H groups in total. The van der Waals surface area contributed by atoms with Crippen LogP contribution in [0, 0.1) is 5.92 Å². The minimum atomic E-state index is 0.259. The maximum atomic E-state index is 5.71. The lowest BCUT2D eigenvalue weighted by molar-refractivity contribution is -0.0711. The number of halogens is 1.